The zero-order valence-electron chi connectivity index (χ0n) is 21.8. The van der Waals surface area contributed by atoms with Crippen LogP contribution in [-0.4, -0.2) is 62.4 Å². The van der Waals surface area contributed by atoms with Crippen LogP contribution in [0.15, 0.2) is 29.8 Å². The Bertz CT molecular complexity index is 1150. The summed E-state index contributed by atoms with van der Waals surface area (Å²) >= 11 is 3.13. The predicted octanol–water partition coefficient (Wildman–Crippen LogP) is 4.24. The van der Waals surface area contributed by atoms with E-state index in [4.69, 9.17) is 0 Å². The van der Waals surface area contributed by atoms with Crippen molar-refractivity contribution in [2.45, 2.75) is 82.4 Å². The predicted molar refractivity (Wildman–Crippen MR) is 146 cm³/mol. The monoisotopic (exact) mass is 546 g/mol. The molecule has 1 aliphatic carbocycles. The summed E-state index contributed by atoms with van der Waals surface area (Å²) in [6.07, 6.45) is 1.61. The number of aromatic nitrogens is 1. The minimum atomic E-state index is -1.87. The van der Waals surface area contributed by atoms with Crippen molar-refractivity contribution in [1.82, 2.24) is 20.5 Å². The molecule has 1 saturated carbocycles. The Labute approximate surface area is 226 Å². The molecule has 2 aromatic rings. The van der Waals surface area contributed by atoms with Gasteiger partial charge >= 0.3 is 0 Å². The molecule has 0 radical (unpaired) electrons. The highest BCUT2D eigenvalue weighted by Gasteiger charge is 2.53. The molecule has 2 aliphatic rings. The second-order valence-electron chi connectivity index (χ2n) is 10.3. The Morgan fingerprint density at radius 2 is 1.97 bits per heavy atom. The topological polar surface area (TPSA) is 91.4 Å². The maximum absolute atomic E-state index is 14.4. The molecule has 2 atom stereocenters. The molecule has 7 nitrogen and oxygen atoms in total. The number of halogens is 1. The van der Waals surface area contributed by atoms with Gasteiger partial charge < -0.3 is 15.5 Å². The Morgan fingerprint density at radius 1 is 1.27 bits per heavy atom. The zero-order valence-corrected chi connectivity index (χ0v) is 23.4. The van der Waals surface area contributed by atoms with E-state index in [1.165, 1.54) is 11.8 Å². The summed E-state index contributed by atoms with van der Waals surface area (Å²) in [6, 6.07) is 6.46. The number of hydrogen-bond donors (Lipinski definition) is 2. The molecule has 1 aromatic heterocycles. The van der Waals surface area contributed by atoms with Crippen molar-refractivity contribution < 1.29 is 18.8 Å². The number of thioether (sulfide) groups is 1. The number of carbonyl (C=O) groups excluding carboxylic acids is 3. The highest BCUT2D eigenvalue weighted by molar-refractivity contribution is 8.00. The molecule has 200 valence electrons. The van der Waals surface area contributed by atoms with E-state index in [1.54, 1.807) is 16.2 Å². The van der Waals surface area contributed by atoms with E-state index >= 15 is 0 Å². The van der Waals surface area contributed by atoms with Crippen LogP contribution >= 0.6 is 23.1 Å². The van der Waals surface area contributed by atoms with Crippen LogP contribution < -0.4 is 10.6 Å². The van der Waals surface area contributed by atoms with Gasteiger partial charge in [-0.3, -0.25) is 14.4 Å². The van der Waals surface area contributed by atoms with E-state index < -0.39 is 28.4 Å². The van der Waals surface area contributed by atoms with E-state index in [1.807, 2.05) is 57.5 Å². The van der Waals surface area contributed by atoms with Crippen LogP contribution in [0.3, 0.4) is 0 Å². The summed E-state index contributed by atoms with van der Waals surface area (Å²) in [5, 5.41) is 5.67. The van der Waals surface area contributed by atoms with E-state index in [0.29, 0.717) is 25.9 Å². The first-order valence-corrected chi connectivity index (χ1v) is 14.6. The summed E-state index contributed by atoms with van der Waals surface area (Å²) in [6.45, 7) is 8.49. The highest BCUT2D eigenvalue weighted by atomic mass is 32.2. The van der Waals surface area contributed by atoms with Crippen molar-refractivity contribution in [2.24, 2.45) is 0 Å². The van der Waals surface area contributed by atoms with Crippen molar-refractivity contribution in [3.8, 4) is 10.4 Å². The smallest absolute Gasteiger partial charge is 0.258 e. The normalized spacial score (nSPS) is 19.4. The highest BCUT2D eigenvalue weighted by Crippen LogP contribution is 2.41. The van der Waals surface area contributed by atoms with Gasteiger partial charge in [-0.25, -0.2) is 9.37 Å². The number of amides is 3. The van der Waals surface area contributed by atoms with E-state index in [2.05, 4.69) is 15.6 Å². The zero-order chi connectivity index (χ0) is 26.8. The maximum atomic E-state index is 14.4. The maximum Gasteiger partial charge on any atom is 0.258 e. The van der Waals surface area contributed by atoms with Crippen LogP contribution in [0.25, 0.3) is 10.4 Å². The van der Waals surface area contributed by atoms with Crippen molar-refractivity contribution >= 4 is 40.8 Å². The molecule has 2 N–H and O–H groups in total. The Kier molecular flexibility index (Phi) is 8.28. The van der Waals surface area contributed by atoms with Crippen molar-refractivity contribution in [3.63, 3.8) is 0 Å². The van der Waals surface area contributed by atoms with Crippen molar-refractivity contribution in [3.05, 3.63) is 41.0 Å². The largest absolute Gasteiger partial charge is 0.350 e. The lowest BCUT2D eigenvalue weighted by molar-refractivity contribution is -0.143. The van der Waals surface area contributed by atoms with Gasteiger partial charge in [-0.2, -0.15) is 11.8 Å². The Hall–Kier alpha value is -2.46. The third-order valence-corrected chi connectivity index (χ3v) is 9.34. The standard InChI is InChI=1S/C27H35FN4O3S2/c1-5-37-26(3,4)22(31-25(35)27(28)12-13-27)24(34)32-14-6-7-20(32)23(33)29-15-18-8-10-19(11-9-18)21-17(2)30-16-36-21/h8-11,16,20,22H,5-7,12-15H2,1-4H3,(H,29,33)(H,31,35)/t20-,22+/m0/s1. The first-order valence-electron chi connectivity index (χ1n) is 12.8. The lowest BCUT2D eigenvalue weighted by Crippen LogP contribution is -2.60. The number of hydrogen-bond acceptors (Lipinski definition) is 6. The van der Waals surface area contributed by atoms with Crippen LogP contribution in [0.5, 0.6) is 0 Å². The summed E-state index contributed by atoms with van der Waals surface area (Å²) in [5.41, 5.74) is 2.99. The molecular weight excluding hydrogens is 511 g/mol. The fourth-order valence-corrected chi connectivity index (χ4v) is 6.60. The number of aryl methyl sites for hydroxylation is 1. The molecular formula is C27H35FN4O3S2. The lowest BCUT2D eigenvalue weighted by Gasteiger charge is -2.37. The van der Waals surface area contributed by atoms with E-state index in [0.717, 1.165) is 27.5 Å². The Balaban J connectivity index is 1.41. The van der Waals surface area contributed by atoms with Gasteiger partial charge in [0, 0.05) is 17.8 Å². The van der Waals surface area contributed by atoms with Gasteiger partial charge in [0.05, 0.1) is 16.1 Å². The Morgan fingerprint density at radius 3 is 2.57 bits per heavy atom. The summed E-state index contributed by atoms with van der Waals surface area (Å²) in [4.78, 5) is 46.4. The van der Waals surface area contributed by atoms with Gasteiger partial charge in [0.25, 0.3) is 5.91 Å². The number of nitrogens with zero attached hydrogens (tertiary/aromatic N) is 2. The third-order valence-electron chi connectivity index (χ3n) is 7.10. The second-order valence-corrected chi connectivity index (χ2v) is 13.1. The first kappa shape index (κ1) is 27.6. The molecule has 37 heavy (non-hydrogen) atoms. The van der Waals surface area contributed by atoms with Crippen LogP contribution in [-0.2, 0) is 20.9 Å². The van der Waals surface area contributed by atoms with Gasteiger partial charge in [0.2, 0.25) is 11.8 Å². The summed E-state index contributed by atoms with van der Waals surface area (Å²) in [5.74, 6) is -0.541. The van der Waals surface area contributed by atoms with Gasteiger partial charge in [0.15, 0.2) is 5.67 Å². The fourth-order valence-electron chi connectivity index (χ4n) is 4.71. The number of alkyl halides is 1. The fraction of sp³-hybridized carbons (Fsp3) is 0.556. The van der Waals surface area contributed by atoms with Crippen LogP contribution in [0.2, 0.25) is 0 Å². The number of benzene rings is 1. The number of rotatable bonds is 10. The molecule has 2 fully saturated rings. The van der Waals surface area contributed by atoms with Crippen LogP contribution in [0, 0.1) is 6.92 Å². The first-order chi connectivity index (χ1) is 17.6. The molecule has 0 unspecified atom stereocenters. The van der Waals surface area contributed by atoms with Crippen LogP contribution in [0.1, 0.15) is 57.7 Å². The molecule has 1 aliphatic heterocycles. The van der Waals surface area contributed by atoms with Crippen molar-refractivity contribution in [1.29, 1.82) is 0 Å². The number of carbonyl (C=O) groups is 3. The van der Waals surface area contributed by atoms with E-state index in [-0.39, 0.29) is 24.7 Å². The average molecular weight is 547 g/mol. The number of likely N-dealkylation sites (tertiary alicyclic amines) is 1. The van der Waals surface area contributed by atoms with Crippen molar-refractivity contribution in [2.75, 3.05) is 12.3 Å². The molecule has 2 heterocycles. The number of nitrogens with one attached hydrogen (secondary N) is 2. The summed E-state index contributed by atoms with van der Waals surface area (Å²) < 4.78 is 13.8. The van der Waals surface area contributed by atoms with Gasteiger partial charge in [-0.05, 0) is 63.3 Å². The minimum Gasteiger partial charge on any atom is -0.350 e. The second kappa shape index (κ2) is 11.1. The molecule has 0 spiro atoms. The molecule has 1 saturated heterocycles. The molecule has 3 amide bonds. The summed E-state index contributed by atoms with van der Waals surface area (Å²) in [7, 11) is 0. The minimum absolute atomic E-state index is 0.181. The molecule has 4 rings (SSSR count). The van der Waals surface area contributed by atoms with Crippen LogP contribution in [0.4, 0.5) is 4.39 Å². The molecule has 1 aromatic carbocycles. The van der Waals surface area contributed by atoms with E-state index in [9.17, 15) is 18.8 Å². The van der Waals surface area contributed by atoms with Gasteiger partial charge in [-0.1, -0.05) is 31.2 Å². The third kappa shape index (κ3) is 6.17. The quantitative estimate of drug-likeness (QED) is 0.465. The van der Waals surface area contributed by atoms with Gasteiger partial charge in [0.1, 0.15) is 12.1 Å². The van der Waals surface area contributed by atoms with Gasteiger partial charge in [-0.15, -0.1) is 11.3 Å². The number of thiazole rings is 1. The average Bonchev–Trinajstić information content (AvgIpc) is 3.24. The molecule has 10 heteroatoms. The lowest BCUT2D eigenvalue weighted by atomic mass is 10.00. The molecule has 0 bridgehead atoms. The SMILES string of the molecule is CCSC(C)(C)[C@H](NC(=O)C1(F)CC1)C(=O)N1CCC[C@H]1C(=O)NCc1ccc(-c2scnc2C)cc1.